The second-order valence-corrected chi connectivity index (χ2v) is 9.74. The number of fused-ring (bicyclic) bond motifs is 1. The summed E-state index contributed by atoms with van der Waals surface area (Å²) in [5, 5.41) is 6.64. The molecule has 0 bridgehead atoms. The van der Waals surface area contributed by atoms with Gasteiger partial charge in [-0.25, -0.2) is 4.68 Å². The molecule has 1 aliphatic carbocycles. The summed E-state index contributed by atoms with van der Waals surface area (Å²) in [4.78, 5) is 26.8. The molecule has 0 saturated carbocycles. The summed E-state index contributed by atoms with van der Waals surface area (Å²) < 4.78 is 2.47. The largest absolute Gasteiger partial charge is 0.343 e. The molecule has 3 aromatic rings. The molecule has 152 valence electrons. The van der Waals surface area contributed by atoms with Crippen LogP contribution in [-0.4, -0.2) is 15.6 Å². The summed E-state index contributed by atoms with van der Waals surface area (Å²) in [7, 11) is 0. The minimum absolute atomic E-state index is 0.108. The smallest absolute Gasteiger partial charge is 0.277 e. The van der Waals surface area contributed by atoms with E-state index in [0.29, 0.717) is 17.8 Å². The van der Waals surface area contributed by atoms with Gasteiger partial charge in [-0.3, -0.25) is 14.7 Å². The summed E-state index contributed by atoms with van der Waals surface area (Å²) in [6.07, 6.45) is 1.24. The van der Waals surface area contributed by atoms with E-state index < -0.39 is 5.92 Å². The SMILES string of the molecule is CC1(C)CC(=O)C2=C(C1)Nc1[nH]n(-c3ccccc3)c(=O)c1[C@H]2c1cccc(Br)c1. The van der Waals surface area contributed by atoms with Gasteiger partial charge >= 0.3 is 0 Å². The highest BCUT2D eigenvalue weighted by Crippen LogP contribution is 2.48. The average Bonchev–Trinajstić information content (AvgIpc) is 3.02. The quantitative estimate of drug-likeness (QED) is 0.553. The number of Topliss-reactive ketones (excluding diaryl/α,β-unsaturated/α-hetero) is 1. The fourth-order valence-electron chi connectivity index (χ4n) is 4.67. The minimum atomic E-state index is -0.397. The molecule has 0 radical (unpaired) electrons. The van der Waals surface area contributed by atoms with Crippen molar-refractivity contribution >= 4 is 27.5 Å². The number of carbonyl (C=O) groups excluding carboxylic acids is 1. The number of aromatic amines is 1. The van der Waals surface area contributed by atoms with Gasteiger partial charge in [0.1, 0.15) is 5.82 Å². The van der Waals surface area contributed by atoms with Crippen LogP contribution in [0.5, 0.6) is 0 Å². The van der Waals surface area contributed by atoms with E-state index in [1.54, 1.807) is 4.68 Å². The zero-order valence-corrected chi connectivity index (χ0v) is 18.4. The van der Waals surface area contributed by atoms with Gasteiger partial charge in [-0.15, -0.1) is 0 Å². The Bertz CT molecular complexity index is 1250. The fraction of sp³-hybridized carbons (Fsp3) is 0.250. The Morgan fingerprint density at radius 3 is 2.53 bits per heavy atom. The lowest BCUT2D eigenvalue weighted by atomic mass is 9.69. The highest BCUT2D eigenvalue weighted by molar-refractivity contribution is 9.10. The fourth-order valence-corrected chi connectivity index (χ4v) is 5.08. The highest BCUT2D eigenvalue weighted by atomic mass is 79.9. The van der Waals surface area contributed by atoms with Gasteiger partial charge < -0.3 is 5.32 Å². The van der Waals surface area contributed by atoms with Crippen LogP contribution in [-0.2, 0) is 4.79 Å². The number of carbonyl (C=O) groups is 1. The van der Waals surface area contributed by atoms with Gasteiger partial charge in [0, 0.05) is 28.1 Å². The lowest BCUT2D eigenvalue weighted by molar-refractivity contribution is -0.118. The third-order valence-corrected chi connectivity index (χ3v) is 6.39. The van der Waals surface area contributed by atoms with Crippen molar-refractivity contribution in [2.24, 2.45) is 5.41 Å². The molecule has 5 nitrogen and oxygen atoms in total. The zero-order valence-electron chi connectivity index (χ0n) is 16.8. The van der Waals surface area contributed by atoms with Crippen LogP contribution in [0.15, 0.2) is 75.1 Å². The van der Waals surface area contributed by atoms with Crippen LogP contribution in [0.25, 0.3) is 5.69 Å². The maximum Gasteiger partial charge on any atom is 0.277 e. The Hall–Kier alpha value is -2.86. The first-order valence-electron chi connectivity index (χ1n) is 10.0. The van der Waals surface area contributed by atoms with Crippen molar-refractivity contribution in [2.45, 2.75) is 32.6 Å². The summed E-state index contributed by atoms with van der Waals surface area (Å²) in [6.45, 7) is 4.22. The van der Waals surface area contributed by atoms with Gasteiger partial charge in [-0.1, -0.05) is 60.1 Å². The first kappa shape index (κ1) is 19.1. The van der Waals surface area contributed by atoms with Crippen molar-refractivity contribution in [3.05, 3.63) is 91.8 Å². The van der Waals surface area contributed by atoms with Gasteiger partial charge in [-0.05, 0) is 41.7 Å². The van der Waals surface area contributed by atoms with Crippen LogP contribution in [0.2, 0.25) is 0 Å². The van der Waals surface area contributed by atoms with Crippen molar-refractivity contribution in [1.29, 1.82) is 0 Å². The normalized spacial score (nSPS) is 19.8. The van der Waals surface area contributed by atoms with Crippen molar-refractivity contribution in [3.63, 3.8) is 0 Å². The lowest BCUT2D eigenvalue weighted by Crippen LogP contribution is -2.35. The average molecular weight is 464 g/mol. The van der Waals surface area contributed by atoms with E-state index >= 15 is 0 Å². The van der Waals surface area contributed by atoms with E-state index in [9.17, 15) is 9.59 Å². The number of ketones is 1. The first-order valence-corrected chi connectivity index (χ1v) is 10.8. The summed E-state index contributed by atoms with van der Waals surface area (Å²) >= 11 is 3.54. The van der Waals surface area contributed by atoms with Crippen LogP contribution < -0.4 is 10.9 Å². The molecule has 0 saturated heterocycles. The monoisotopic (exact) mass is 463 g/mol. The van der Waals surface area contributed by atoms with Gasteiger partial charge in [0.2, 0.25) is 0 Å². The van der Waals surface area contributed by atoms with E-state index in [4.69, 9.17) is 0 Å². The number of nitrogens with one attached hydrogen (secondary N) is 2. The molecule has 2 N–H and O–H groups in total. The Morgan fingerprint density at radius 1 is 1.03 bits per heavy atom. The standard InChI is InChI=1S/C24H22BrN3O2/c1-24(2)12-17-20(18(29)13-24)19(14-7-6-8-15(25)11-14)21-22(26-17)27-28(23(21)30)16-9-4-3-5-10-16/h3-11,19,26-27H,12-13H2,1-2H3/t19-/m0/s1. The predicted molar refractivity (Wildman–Crippen MR) is 121 cm³/mol. The van der Waals surface area contributed by atoms with Crippen molar-refractivity contribution in [2.75, 3.05) is 5.32 Å². The molecule has 2 aromatic carbocycles. The number of allylic oxidation sites excluding steroid dienone is 2. The number of anilines is 1. The molecular weight excluding hydrogens is 442 g/mol. The molecule has 1 aliphatic heterocycles. The van der Waals surface area contributed by atoms with Crippen LogP contribution >= 0.6 is 15.9 Å². The molecule has 30 heavy (non-hydrogen) atoms. The molecule has 6 heteroatoms. The van der Waals surface area contributed by atoms with E-state index in [1.165, 1.54) is 0 Å². The minimum Gasteiger partial charge on any atom is -0.343 e. The van der Waals surface area contributed by atoms with Crippen LogP contribution in [0, 0.1) is 5.41 Å². The molecule has 2 heterocycles. The molecule has 0 amide bonds. The second-order valence-electron chi connectivity index (χ2n) is 8.82. The summed E-state index contributed by atoms with van der Waals surface area (Å²) in [5.41, 5.74) is 3.65. The first-order chi connectivity index (χ1) is 14.3. The van der Waals surface area contributed by atoms with Crippen molar-refractivity contribution in [3.8, 4) is 5.69 Å². The summed E-state index contributed by atoms with van der Waals surface area (Å²) in [6, 6.07) is 17.4. The lowest BCUT2D eigenvalue weighted by Gasteiger charge is -2.37. The number of hydrogen-bond acceptors (Lipinski definition) is 3. The maximum atomic E-state index is 13.5. The number of halogens is 1. The molecule has 1 atom stereocenters. The molecule has 0 fully saturated rings. The third-order valence-electron chi connectivity index (χ3n) is 5.90. The van der Waals surface area contributed by atoms with Gasteiger partial charge in [0.15, 0.2) is 5.78 Å². The second kappa shape index (κ2) is 6.84. The zero-order chi connectivity index (χ0) is 21.0. The van der Waals surface area contributed by atoms with Crippen LogP contribution in [0.1, 0.15) is 43.7 Å². The number of H-pyrrole nitrogens is 1. The number of para-hydroxylation sites is 1. The molecule has 1 aromatic heterocycles. The third kappa shape index (κ3) is 3.06. The predicted octanol–water partition coefficient (Wildman–Crippen LogP) is 5.13. The number of aromatic nitrogens is 2. The molecule has 0 unspecified atom stereocenters. The maximum absolute atomic E-state index is 13.5. The number of nitrogens with zero attached hydrogens (tertiary/aromatic N) is 1. The topological polar surface area (TPSA) is 66.9 Å². The van der Waals surface area contributed by atoms with Gasteiger partial charge in [0.05, 0.1) is 11.3 Å². The summed E-state index contributed by atoms with van der Waals surface area (Å²) in [5.74, 6) is 0.375. The van der Waals surface area contributed by atoms with Crippen molar-refractivity contribution < 1.29 is 4.79 Å². The molecule has 0 spiro atoms. The van der Waals surface area contributed by atoms with Crippen LogP contribution in [0.3, 0.4) is 0 Å². The number of rotatable bonds is 2. The Morgan fingerprint density at radius 2 is 1.80 bits per heavy atom. The number of hydrogen-bond donors (Lipinski definition) is 2. The highest BCUT2D eigenvalue weighted by Gasteiger charge is 2.42. The Kier molecular flexibility index (Phi) is 4.36. The molecular formula is C24H22BrN3O2. The van der Waals surface area contributed by atoms with Gasteiger partial charge in [0.25, 0.3) is 5.56 Å². The molecule has 5 rings (SSSR count). The Labute approximate surface area is 182 Å². The van der Waals surface area contributed by atoms with E-state index in [1.807, 2.05) is 54.6 Å². The van der Waals surface area contributed by atoms with Gasteiger partial charge in [-0.2, -0.15) is 0 Å². The van der Waals surface area contributed by atoms with Crippen LogP contribution in [0.4, 0.5) is 5.82 Å². The Balaban J connectivity index is 1.76. The number of benzene rings is 2. The van der Waals surface area contributed by atoms with E-state index in [-0.39, 0.29) is 16.8 Å². The van der Waals surface area contributed by atoms with E-state index in [2.05, 4.69) is 40.2 Å². The van der Waals surface area contributed by atoms with E-state index in [0.717, 1.165) is 33.4 Å². The molecule has 2 aliphatic rings. The van der Waals surface area contributed by atoms with Crippen molar-refractivity contribution in [1.82, 2.24) is 9.78 Å².